The van der Waals surface area contributed by atoms with E-state index in [2.05, 4.69) is 71.9 Å². The lowest BCUT2D eigenvalue weighted by molar-refractivity contribution is 0.00578. The molecule has 0 bridgehead atoms. The van der Waals surface area contributed by atoms with Gasteiger partial charge in [0.25, 0.3) is 0 Å². The van der Waals surface area contributed by atoms with Crippen LogP contribution in [0.5, 0.6) is 0 Å². The van der Waals surface area contributed by atoms with E-state index < -0.39 is 0 Å². The predicted octanol–water partition coefficient (Wildman–Crippen LogP) is 4.45. The summed E-state index contributed by atoms with van der Waals surface area (Å²) in [6.07, 6.45) is 2.11. The molecule has 1 aromatic carbocycles. The van der Waals surface area contributed by atoms with E-state index in [9.17, 15) is 0 Å². The average Bonchev–Trinajstić information content (AvgIpc) is 2.55. The van der Waals surface area contributed by atoms with Crippen LogP contribution in [0.15, 0.2) is 30.2 Å². The number of benzene rings is 1. The van der Waals surface area contributed by atoms with Crippen LogP contribution in [0.25, 0.3) is 6.08 Å². The summed E-state index contributed by atoms with van der Waals surface area (Å²) in [5, 5.41) is 0. The van der Waals surface area contributed by atoms with Crippen molar-refractivity contribution in [2.45, 2.75) is 58.7 Å². The molecular formula is C17H25BO2. The first-order valence-electron chi connectivity index (χ1n) is 7.36. The van der Waals surface area contributed by atoms with Gasteiger partial charge in [-0.2, -0.15) is 0 Å². The van der Waals surface area contributed by atoms with Crippen LogP contribution in [0.3, 0.4) is 0 Å². The monoisotopic (exact) mass is 272 g/mol. The molecule has 0 spiro atoms. The second-order valence-electron chi connectivity index (χ2n) is 6.77. The van der Waals surface area contributed by atoms with Gasteiger partial charge in [0, 0.05) is 0 Å². The molecule has 2 rings (SSSR count). The zero-order chi connectivity index (χ0) is 15.0. The van der Waals surface area contributed by atoms with Gasteiger partial charge < -0.3 is 9.31 Å². The van der Waals surface area contributed by atoms with Crippen molar-refractivity contribution in [3.8, 4) is 0 Å². The summed E-state index contributed by atoms with van der Waals surface area (Å²) in [5.74, 6) is 2.52. The highest BCUT2D eigenvalue weighted by Crippen LogP contribution is 2.37. The predicted molar refractivity (Wildman–Crippen MR) is 85.6 cm³/mol. The fourth-order valence-electron chi connectivity index (χ4n) is 2.34. The largest absolute Gasteiger partial charge is 0.487 e. The number of rotatable bonds is 3. The maximum atomic E-state index is 5.98. The average molecular weight is 272 g/mol. The van der Waals surface area contributed by atoms with E-state index in [1.807, 2.05) is 5.98 Å². The third-order valence-corrected chi connectivity index (χ3v) is 4.32. The Morgan fingerprint density at radius 3 is 2.10 bits per heavy atom. The lowest BCUT2D eigenvalue weighted by atomic mass is 9.87. The van der Waals surface area contributed by atoms with Crippen LogP contribution >= 0.6 is 0 Å². The Morgan fingerprint density at radius 1 is 1.00 bits per heavy atom. The van der Waals surface area contributed by atoms with Crippen molar-refractivity contribution in [1.82, 2.24) is 0 Å². The van der Waals surface area contributed by atoms with Crippen molar-refractivity contribution in [2.24, 2.45) is 0 Å². The first-order valence-corrected chi connectivity index (χ1v) is 7.36. The summed E-state index contributed by atoms with van der Waals surface area (Å²) >= 11 is 0. The minimum atomic E-state index is -0.278. The van der Waals surface area contributed by atoms with Crippen molar-refractivity contribution < 1.29 is 9.31 Å². The molecule has 1 aliphatic heterocycles. The van der Waals surface area contributed by atoms with Gasteiger partial charge in [-0.05, 0) is 44.7 Å². The third-order valence-electron chi connectivity index (χ3n) is 4.32. The van der Waals surface area contributed by atoms with Crippen LogP contribution in [0.2, 0.25) is 0 Å². The highest BCUT2D eigenvalue weighted by Gasteiger charge is 2.49. The summed E-state index contributed by atoms with van der Waals surface area (Å²) in [4.78, 5) is 0. The second-order valence-corrected chi connectivity index (χ2v) is 6.77. The number of hydrogen-bond acceptors (Lipinski definition) is 2. The molecule has 1 aromatic rings. The van der Waals surface area contributed by atoms with E-state index in [0.717, 1.165) is 0 Å². The van der Waals surface area contributed by atoms with E-state index >= 15 is 0 Å². The smallest absolute Gasteiger partial charge is 0.400 e. The van der Waals surface area contributed by atoms with Crippen molar-refractivity contribution in [3.05, 3.63) is 41.4 Å². The van der Waals surface area contributed by atoms with Crippen LogP contribution < -0.4 is 0 Å². The van der Waals surface area contributed by atoms with E-state index in [1.165, 1.54) is 11.1 Å². The summed E-state index contributed by atoms with van der Waals surface area (Å²) in [7, 11) is -0.278. The lowest BCUT2D eigenvalue weighted by Crippen LogP contribution is -2.41. The normalized spacial score (nSPS) is 21.1. The Bertz CT molecular complexity index is 487. The Hall–Kier alpha value is -1.06. The molecule has 1 heterocycles. The molecule has 1 saturated heterocycles. The molecule has 1 fully saturated rings. The molecule has 108 valence electrons. The summed E-state index contributed by atoms with van der Waals surface area (Å²) in [5.41, 5.74) is 2.02. The van der Waals surface area contributed by atoms with Crippen LogP contribution in [-0.2, 0) is 9.31 Å². The molecule has 3 heteroatoms. The molecule has 0 saturated carbocycles. The van der Waals surface area contributed by atoms with Gasteiger partial charge >= 0.3 is 7.12 Å². The zero-order valence-corrected chi connectivity index (χ0v) is 13.4. The molecule has 1 aliphatic rings. The molecule has 0 aromatic heterocycles. The van der Waals surface area contributed by atoms with Crippen LogP contribution in [0, 0.1) is 0 Å². The van der Waals surface area contributed by atoms with Gasteiger partial charge in [-0.15, -0.1) is 0 Å². The SMILES string of the molecule is CC(C)c1ccccc1/C=C/B1OC(C)(C)C(C)(C)O1. The first-order chi connectivity index (χ1) is 9.23. The molecule has 0 radical (unpaired) electrons. The van der Waals surface area contributed by atoms with Crippen molar-refractivity contribution in [1.29, 1.82) is 0 Å². The van der Waals surface area contributed by atoms with Crippen molar-refractivity contribution in [2.75, 3.05) is 0 Å². The van der Waals surface area contributed by atoms with Gasteiger partial charge in [-0.3, -0.25) is 0 Å². The van der Waals surface area contributed by atoms with E-state index in [-0.39, 0.29) is 18.3 Å². The fourth-order valence-corrected chi connectivity index (χ4v) is 2.34. The Balaban J connectivity index is 2.16. The maximum Gasteiger partial charge on any atom is 0.487 e. The fraction of sp³-hybridized carbons (Fsp3) is 0.529. The summed E-state index contributed by atoms with van der Waals surface area (Å²) in [6.45, 7) is 12.7. The van der Waals surface area contributed by atoms with Gasteiger partial charge in [0.2, 0.25) is 0 Å². The summed E-state index contributed by atoms with van der Waals surface area (Å²) < 4.78 is 12.0. The van der Waals surface area contributed by atoms with Gasteiger partial charge in [0.1, 0.15) is 0 Å². The third kappa shape index (κ3) is 2.99. The standard InChI is InChI=1S/C17H25BO2/c1-13(2)15-10-8-7-9-14(15)11-12-18-19-16(3,4)17(5,6)20-18/h7-13H,1-6H3/b12-11+. The van der Waals surface area contributed by atoms with Crippen molar-refractivity contribution in [3.63, 3.8) is 0 Å². The minimum absolute atomic E-state index is 0.278. The highest BCUT2D eigenvalue weighted by molar-refractivity contribution is 6.52. The van der Waals surface area contributed by atoms with Gasteiger partial charge in [-0.1, -0.05) is 50.2 Å². The molecule has 0 atom stereocenters. The second kappa shape index (κ2) is 5.38. The quantitative estimate of drug-likeness (QED) is 0.756. The Morgan fingerprint density at radius 2 is 1.55 bits per heavy atom. The van der Waals surface area contributed by atoms with Gasteiger partial charge in [-0.25, -0.2) is 0 Å². The Labute approximate surface area is 123 Å². The van der Waals surface area contributed by atoms with Gasteiger partial charge in [0.15, 0.2) is 0 Å². The molecular weight excluding hydrogens is 247 g/mol. The van der Waals surface area contributed by atoms with Crippen LogP contribution in [0.1, 0.15) is 58.6 Å². The van der Waals surface area contributed by atoms with E-state index in [1.54, 1.807) is 0 Å². The molecule has 0 N–H and O–H groups in total. The maximum absolute atomic E-state index is 5.98. The molecule has 2 nitrogen and oxygen atoms in total. The summed E-state index contributed by atoms with van der Waals surface area (Å²) in [6, 6.07) is 8.46. The van der Waals surface area contributed by atoms with Crippen molar-refractivity contribution >= 4 is 13.2 Å². The number of hydrogen-bond donors (Lipinski definition) is 0. The zero-order valence-electron chi connectivity index (χ0n) is 13.4. The topological polar surface area (TPSA) is 18.5 Å². The molecule has 0 unspecified atom stereocenters. The minimum Gasteiger partial charge on any atom is -0.400 e. The highest BCUT2D eigenvalue weighted by atomic mass is 16.7. The van der Waals surface area contributed by atoms with E-state index in [0.29, 0.717) is 5.92 Å². The molecule has 20 heavy (non-hydrogen) atoms. The van der Waals surface area contributed by atoms with Gasteiger partial charge in [0.05, 0.1) is 11.2 Å². The van der Waals surface area contributed by atoms with Crippen LogP contribution in [-0.4, -0.2) is 18.3 Å². The van der Waals surface area contributed by atoms with Crippen LogP contribution in [0.4, 0.5) is 0 Å². The first kappa shape index (κ1) is 15.3. The molecule has 0 aliphatic carbocycles. The Kier molecular flexibility index (Phi) is 4.13. The van der Waals surface area contributed by atoms with E-state index in [4.69, 9.17) is 9.31 Å². The lowest BCUT2D eigenvalue weighted by Gasteiger charge is -2.32. The molecule has 0 amide bonds.